The number of carbonyl (C=O) groups is 1. The van der Waals surface area contributed by atoms with Crippen LogP contribution in [0.2, 0.25) is 0 Å². The molecule has 0 unspecified atom stereocenters. The van der Waals surface area contributed by atoms with Gasteiger partial charge in [-0.15, -0.1) is 0 Å². The molecule has 0 heterocycles. The molecule has 0 saturated heterocycles. The summed E-state index contributed by atoms with van der Waals surface area (Å²) < 4.78 is 47.3. The number of carboxylic acids is 1. The van der Waals surface area contributed by atoms with Crippen molar-refractivity contribution in [3.8, 4) is 0 Å². The van der Waals surface area contributed by atoms with Gasteiger partial charge in [-0.2, -0.15) is 8.78 Å². The molecule has 0 aromatic carbocycles. The molecular weight excluding hydrogens is 214 g/mol. The van der Waals surface area contributed by atoms with E-state index in [9.17, 15) is 27.5 Å². The molecule has 0 aromatic heterocycles. The summed E-state index contributed by atoms with van der Waals surface area (Å²) >= 11 is -0.443. The lowest BCUT2D eigenvalue weighted by atomic mass is 10.4. The first-order valence-corrected chi connectivity index (χ1v) is 4.09. The quantitative estimate of drug-likeness (QED) is 0.601. The number of hydrogen-bond acceptors (Lipinski definition) is 3. The van der Waals surface area contributed by atoms with E-state index in [1.807, 2.05) is 0 Å². The van der Waals surface area contributed by atoms with Crippen LogP contribution >= 0.6 is 11.8 Å². The van der Waals surface area contributed by atoms with Gasteiger partial charge in [-0.3, -0.25) is 0 Å². The van der Waals surface area contributed by atoms with Crippen LogP contribution in [0.25, 0.3) is 0 Å². The highest BCUT2D eigenvalue weighted by Gasteiger charge is 2.41. The molecule has 1 atom stereocenters. The topological polar surface area (TPSA) is 67.8 Å². The number of aliphatic carboxylic acids is 1. The van der Waals surface area contributed by atoms with E-state index < -0.39 is 41.2 Å². The zero-order valence-corrected chi connectivity index (χ0v) is 7.12. The molecule has 0 aliphatic rings. The number of thioether (sulfide) groups is 1. The van der Waals surface area contributed by atoms with Gasteiger partial charge in [0.25, 0.3) is 0 Å². The SMILES string of the molecule is [NH3+][C@H](CSC(F)(F)C(F)F)C(=O)[O-]. The summed E-state index contributed by atoms with van der Waals surface area (Å²) in [6.45, 7) is 0. The highest BCUT2D eigenvalue weighted by molar-refractivity contribution is 8.00. The number of quaternary nitrogens is 1. The Morgan fingerprint density at radius 3 is 2.31 bits per heavy atom. The molecule has 0 amide bonds. The fourth-order valence-corrected chi connectivity index (χ4v) is 1.03. The average Bonchev–Trinajstić information content (AvgIpc) is 1.99. The normalized spacial score (nSPS) is 14.6. The van der Waals surface area contributed by atoms with Gasteiger partial charge in [0.2, 0.25) is 0 Å². The van der Waals surface area contributed by atoms with Crippen LogP contribution in [0.3, 0.4) is 0 Å². The number of carboxylic acid groups (broad SMARTS) is 1. The molecule has 0 radical (unpaired) electrons. The summed E-state index contributed by atoms with van der Waals surface area (Å²) in [4.78, 5) is 9.97. The van der Waals surface area contributed by atoms with Crippen molar-refractivity contribution in [2.45, 2.75) is 17.7 Å². The summed E-state index contributed by atoms with van der Waals surface area (Å²) in [6, 6.07) is -1.42. The van der Waals surface area contributed by atoms with Crippen molar-refractivity contribution in [2.75, 3.05) is 5.75 Å². The second kappa shape index (κ2) is 4.66. The summed E-state index contributed by atoms with van der Waals surface area (Å²) in [5.74, 6) is -2.35. The van der Waals surface area contributed by atoms with Crippen molar-refractivity contribution in [1.82, 2.24) is 0 Å². The van der Waals surface area contributed by atoms with E-state index in [0.717, 1.165) is 0 Å². The Morgan fingerprint density at radius 1 is 1.54 bits per heavy atom. The Kier molecular flexibility index (Phi) is 4.48. The predicted octanol–water partition coefficient (Wildman–Crippen LogP) is -1.06. The van der Waals surface area contributed by atoms with Crippen LogP contribution in [-0.4, -0.2) is 29.4 Å². The minimum Gasteiger partial charge on any atom is -0.544 e. The Bertz CT molecular complexity index is 189. The van der Waals surface area contributed by atoms with E-state index in [0.29, 0.717) is 0 Å². The third kappa shape index (κ3) is 4.32. The van der Waals surface area contributed by atoms with Gasteiger partial charge in [0.1, 0.15) is 6.04 Å². The van der Waals surface area contributed by atoms with E-state index in [4.69, 9.17) is 0 Å². The molecule has 78 valence electrons. The zero-order valence-electron chi connectivity index (χ0n) is 6.31. The van der Waals surface area contributed by atoms with Crippen LogP contribution in [-0.2, 0) is 4.79 Å². The minimum absolute atomic E-state index is 0.443. The fourth-order valence-electron chi connectivity index (χ4n) is 0.343. The van der Waals surface area contributed by atoms with Crippen molar-refractivity contribution in [1.29, 1.82) is 0 Å². The lowest BCUT2D eigenvalue weighted by molar-refractivity contribution is -0.431. The van der Waals surface area contributed by atoms with E-state index in [2.05, 4.69) is 5.73 Å². The number of carbonyl (C=O) groups excluding carboxylic acids is 1. The van der Waals surface area contributed by atoms with Crippen molar-refractivity contribution in [2.24, 2.45) is 0 Å². The monoisotopic (exact) mass is 221 g/mol. The number of hydrogen-bond donors (Lipinski definition) is 1. The molecule has 0 saturated carbocycles. The molecule has 8 heteroatoms. The first-order chi connectivity index (χ1) is 5.77. The second-order valence-corrected chi connectivity index (χ2v) is 3.36. The Hall–Kier alpha value is -0.500. The molecule has 0 aliphatic carbocycles. The highest BCUT2D eigenvalue weighted by Crippen LogP contribution is 2.35. The summed E-state index contributed by atoms with van der Waals surface area (Å²) in [5, 5.41) is 5.74. The van der Waals surface area contributed by atoms with Crippen molar-refractivity contribution < 1.29 is 33.2 Å². The lowest BCUT2D eigenvalue weighted by Crippen LogP contribution is -2.69. The summed E-state index contributed by atoms with van der Waals surface area (Å²) in [7, 11) is 0. The van der Waals surface area contributed by atoms with Crippen LogP contribution < -0.4 is 10.8 Å². The molecule has 0 aromatic rings. The van der Waals surface area contributed by atoms with Gasteiger partial charge in [0.15, 0.2) is 0 Å². The molecule has 0 aliphatic heterocycles. The van der Waals surface area contributed by atoms with Gasteiger partial charge in [-0.25, -0.2) is 8.78 Å². The molecule has 3 N–H and O–H groups in total. The number of alkyl halides is 4. The molecule has 0 rings (SSSR count). The minimum atomic E-state index is -4.23. The zero-order chi connectivity index (χ0) is 10.6. The maximum absolute atomic E-state index is 12.1. The standard InChI is InChI=1S/C5H7F4NO2S/c6-4(7)5(8,9)13-1-2(10)3(11)12/h2,4H,1,10H2,(H,11,12)/t2-/m1/s1. The highest BCUT2D eigenvalue weighted by atomic mass is 32.2. The molecular formula is C5H7F4NO2S. The Balaban J connectivity index is 3.95. The molecule has 3 nitrogen and oxygen atoms in total. The summed E-state index contributed by atoms with van der Waals surface area (Å²) in [5.41, 5.74) is 2.94. The molecule has 0 fully saturated rings. The van der Waals surface area contributed by atoms with Gasteiger partial charge in [-0.1, -0.05) is 11.8 Å². The molecule has 0 spiro atoms. The van der Waals surface area contributed by atoms with Crippen LogP contribution in [0, 0.1) is 0 Å². The van der Waals surface area contributed by atoms with E-state index >= 15 is 0 Å². The third-order valence-corrected chi connectivity index (χ3v) is 2.20. The van der Waals surface area contributed by atoms with Crippen LogP contribution in [0.5, 0.6) is 0 Å². The lowest BCUT2D eigenvalue weighted by Gasteiger charge is -2.16. The first kappa shape index (κ1) is 12.5. The van der Waals surface area contributed by atoms with E-state index in [1.165, 1.54) is 0 Å². The molecule has 13 heavy (non-hydrogen) atoms. The Morgan fingerprint density at radius 2 is 2.00 bits per heavy atom. The molecule has 0 bridgehead atoms. The Labute approximate surface area is 75.3 Å². The van der Waals surface area contributed by atoms with Crippen LogP contribution in [0.4, 0.5) is 17.6 Å². The van der Waals surface area contributed by atoms with Gasteiger partial charge in [-0.05, 0) is 0 Å². The van der Waals surface area contributed by atoms with Crippen molar-refractivity contribution >= 4 is 17.7 Å². The number of halogens is 4. The second-order valence-electron chi connectivity index (χ2n) is 2.19. The van der Waals surface area contributed by atoms with Crippen LogP contribution in [0.1, 0.15) is 0 Å². The van der Waals surface area contributed by atoms with Gasteiger partial charge in [0, 0.05) is 0 Å². The fraction of sp³-hybridized carbons (Fsp3) is 0.800. The van der Waals surface area contributed by atoms with Gasteiger partial charge in [0.05, 0.1) is 11.7 Å². The van der Waals surface area contributed by atoms with E-state index in [-0.39, 0.29) is 0 Å². The first-order valence-electron chi connectivity index (χ1n) is 3.11. The van der Waals surface area contributed by atoms with Crippen molar-refractivity contribution in [3.05, 3.63) is 0 Å². The third-order valence-electron chi connectivity index (χ3n) is 1.06. The predicted molar refractivity (Wildman–Crippen MR) is 35.1 cm³/mol. The van der Waals surface area contributed by atoms with Gasteiger partial charge < -0.3 is 15.6 Å². The largest absolute Gasteiger partial charge is 0.544 e. The maximum atomic E-state index is 12.1. The average molecular weight is 221 g/mol. The number of rotatable bonds is 5. The van der Waals surface area contributed by atoms with Crippen LogP contribution in [0.15, 0.2) is 0 Å². The van der Waals surface area contributed by atoms with E-state index in [1.54, 1.807) is 0 Å². The smallest absolute Gasteiger partial charge is 0.353 e. The van der Waals surface area contributed by atoms with Crippen molar-refractivity contribution in [3.63, 3.8) is 0 Å². The van der Waals surface area contributed by atoms with Gasteiger partial charge >= 0.3 is 11.7 Å². The maximum Gasteiger partial charge on any atom is 0.353 e. The summed E-state index contributed by atoms with van der Waals surface area (Å²) in [6.07, 6.45) is -3.81.